The quantitative estimate of drug-likeness (QED) is 0.830. The molecule has 1 heterocycles. The molecule has 1 saturated carbocycles. The van der Waals surface area contributed by atoms with E-state index in [2.05, 4.69) is 17.5 Å². The molecule has 0 unspecified atom stereocenters. The summed E-state index contributed by atoms with van der Waals surface area (Å²) in [6, 6.07) is 4.40. The van der Waals surface area contributed by atoms with Gasteiger partial charge in [-0.3, -0.25) is 0 Å². The summed E-state index contributed by atoms with van der Waals surface area (Å²) in [4.78, 5) is 1.51. The van der Waals surface area contributed by atoms with Gasteiger partial charge in [0.05, 0.1) is 0 Å². The number of hydrogen-bond acceptors (Lipinski definition) is 2. The van der Waals surface area contributed by atoms with Crippen LogP contribution in [-0.4, -0.2) is 6.54 Å². The van der Waals surface area contributed by atoms with Crippen molar-refractivity contribution in [2.45, 2.75) is 37.5 Å². The van der Waals surface area contributed by atoms with Crippen LogP contribution in [0, 0.1) is 0 Å². The molecule has 1 aliphatic carbocycles. The lowest BCUT2D eigenvalue weighted by Crippen LogP contribution is -2.36. The molecule has 1 aromatic heterocycles. The molecule has 14 heavy (non-hydrogen) atoms. The van der Waals surface area contributed by atoms with E-state index in [1.165, 1.54) is 37.0 Å². The van der Waals surface area contributed by atoms with E-state index in [-0.39, 0.29) is 12.4 Å². The van der Waals surface area contributed by atoms with Crippen molar-refractivity contribution >= 4 is 23.7 Å². The molecular formula is C11H18ClNS. The first-order chi connectivity index (χ1) is 6.37. The lowest BCUT2D eigenvalue weighted by atomic mass is 9.73. The third-order valence-electron chi connectivity index (χ3n) is 3.25. The van der Waals surface area contributed by atoms with Crippen molar-refractivity contribution in [3.63, 3.8) is 0 Å². The second-order valence-corrected chi connectivity index (χ2v) is 4.97. The average molecular weight is 232 g/mol. The number of thiophene rings is 1. The number of rotatable bonds is 2. The Labute approximate surface area is 96.1 Å². The van der Waals surface area contributed by atoms with Crippen molar-refractivity contribution in [1.29, 1.82) is 0 Å². The molecule has 0 aromatic carbocycles. The summed E-state index contributed by atoms with van der Waals surface area (Å²) < 4.78 is 0. The van der Waals surface area contributed by atoms with Crippen LogP contribution in [0.1, 0.15) is 37.0 Å². The third kappa shape index (κ3) is 2.13. The van der Waals surface area contributed by atoms with Crippen molar-refractivity contribution in [1.82, 2.24) is 0 Å². The van der Waals surface area contributed by atoms with E-state index >= 15 is 0 Å². The topological polar surface area (TPSA) is 26.0 Å². The molecule has 0 spiro atoms. The highest BCUT2D eigenvalue weighted by atomic mass is 35.5. The fraction of sp³-hybridized carbons (Fsp3) is 0.636. The Morgan fingerprint density at radius 1 is 1.29 bits per heavy atom. The van der Waals surface area contributed by atoms with Crippen molar-refractivity contribution < 1.29 is 0 Å². The second-order valence-electron chi connectivity index (χ2n) is 4.02. The Morgan fingerprint density at radius 3 is 2.50 bits per heavy atom. The largest absolute Gasteiger partial charge is 0.330 e. The Morgan fingerprint density at radius 2 is 2.00 bits per heavy atom. The maximum Gasteiger partial charge on any atom is 0.0169 e. The average Bonchev–Trinajstić information content (AvgIpc) is 2.72. The normalized spacial score (nSPS) is 20.1. The SMILES string of the molecule is Cl.NCC1(c2cccs2)CCCCC1. The van der Waals surface area contributed by atoms with Gasteiger partial charge in [-0.25, -0.2) is 0 Å². The van der Waals surface area contributed by atoms with Gasteiger partial charge < -0.3 is 5.73 Å². The Bertz CT molecular complexity index is 252. The fourth-order valence-electron chi connectivity index (χ4n) is 2.36. The predicted octanol–water partition coefficient (Wildman–Crippen LogP) is 3.33. The molecule has 1 aromatic rings. The summed E-state index contributed by atoms with van der Waals surface area (Å²) >= 11 is 1.87. The van der Waals surface area contributed by atoms with E-state index < -0.39 is 0 Å². The molecule has 0 radical (unpaired) electrons. The van der Waals surface area contributed by atoms with Gasteiger partial charge in [-0.2, -0.15) is 0 Å². The summed E-state index contributed by atoms with van der Waals surface area (Å²) in [7, 11) is 0. The highest BCUT2D eigenvalue weighted by Crippen LogP contribution is 2.40. The third-order valence-corrected chi connectivity index (χ3v) is 4.36. The van der Waals surface area contributed by atoms with Gasteiger partial charge in [0, 0.05) is 16.8 Å². The van der Waals surface area contributed by atoms with E-state index in [0.29, 0.717) is 5.41 Å². The lowest BCUT2D eigenvalue weighted by molar-refractivity contribution is 0.306. The van der Waals surface area contributed by atoms with Crippen molar-refractivity contribution in [2.24, 2.45) is 5.73 Å². The van der Waals surface area contributed by atoms with Crippen molar-refractivity contribution in [3.05, 3.63) is 22.4 Å². The predicted molar refractivity (Wildman–Crippen MR) is 65.4 cm³/mol. The van der Waals surface area contributed by atoms with Gasteiger partial charge in [-0.15, -0.1) is 23.7 Å². The summed E-state index contributed by atoms with van der Waals surface area (Å²) in [5, 5.41) is 2.17. The van der Waals surface area contributed by atoms with Crippen LogP contribution < -0.4 is 5.73 Å². The molecule has 0 amide bonds. The van der Waals surface area contributed by atoms with Gasteiger partial charge in [-0.05, 0) is 24.3 Å². The Kier molecular flexibility index (Phi) is 4.42. The van der Waals surface area contributed by atoms with Gasteiger partial charge in [0.25, 0.3) is 0 Å². The summed E-state index contributed by atoms with van der Waals surface area (Å²) in [5.74, 6) is 0. The summed E-state index contributed by atoms with van der Waals surface area (Å²) in [6.07, 6.45) is 6.70. The highest BCUT2D eigenvalue weighted by Gasteiger charge is 2.32. The standard InChI is InChI=1S/C11H17NS.ClH/c12-9-11(6-2-1-3-7-11)10-5-4-8-13-10;/h4-5,8H,1-3,6-7,9,12H2;1H. The number of hydrogen-bond donors (Lipinski definition) is 1. The zero-order chi connectivity index (χ0) is 9.15. The van der Waals surface area contributed by atoms with Crippen LogP contribution in [0.2, 0.25) is 0 Å². The minimum atomic E-state index is 0. The fourth-order valence-corrected chi connectivity index (χ4v) is 3.36. The summed E-state index contributed by atoms with van der Waals surface area (Å²) in [5.41, 5.74) is 6.28. The molecule has 1 fully saturated rings. The van der Waals surface area contributed by atoms with Crippen LogP contribution in [0.5, 0.6) is 0 Å². The molecule has 0 aliphatic heterocycles. The highest BCUT2D eigenvalue weighted by molar-refractivity contribution is 7.10. The molecule has 2 N–H and O–H groups in total. The number of halogens is 1. The molecule has 0 atom stereocenters. The van der Waals surface area contributed by atoms with Crippen LogP contribution in [0.15, 0.2) is 17.5 Å². The minimum absolute atomic E-state index is 0. The molecule has 0 saturated heterocycles. The van der Waals surface area contributed by atoms with Crippen molar-refractivity contribution in [2.75, 3.05) is 6.54 Å². The molecule has 3 heteroatoms. The van der Waals surface area contributed by atoms with E-state index in [1.54, 1.807) is 0 Å². The summed E-state index contributed by atoms with van der Waals surface area (Å²) in [6.45, 7) is 0.827. The zero-order valence-electron chi connectivity index (χ0n) is 8.37. The van der Waals surface area contributed by atoms with E-state index in [0.717, 1.165) is 6.54 Å². The first-order valence-corrected chi connectivity index (χ1v) is 5.99. The van der Waals surface area contributed by atoms with Crippen LogP contribution >= 0.6 is 23.7 Å². The van der Waals surface area contributed by atoms with Gasteiger partial charge >= 0.3 is 0 Å². The van der Waals surface area contributed by atoms with Gasteiger partial charge in [-0.1, -0.05) is 25.3 Å². The van der Waals surface area contributed by atoms with Crippen molar-refractivity contribution in [3.8, 4) is 0 Å². The van der Waals surface area contributed by atoms with E-state index in [4.69, 9.17) is 5.73 Å². The maximum atomic E-state index is 5.94. The van der Waals surface area contributed by atoms with Crippen LogP contribution in [-0.2, 0) is 5.41 Å². The van der Waals surface area contributed by atoms with E-state index in [1.807, 2.05) is 11.3 Å². The lowest BCUT2D eigenvalue weighted by Gasteiger charge is -2.35. The van der Waals surface area contributed by atoms with E-state index in [9.17, 15) is 0 Å². The first kappa shape index (κ1) is 12.0. The number of nitrogens with two attached hydrogens (primary N) is 1. The molecular weight excluding hydrogens is 214 g/mol. The molecule has 80 valence electrons. The van der Waals surface area contributed by atoms with Gasteiger partial charge in [0.1, 0.15) is 0 Å². The minimum Gasteiger partial charge on any atom is -0.330 e. The Hall–Kier alpha value is -0.0500. The van der Waals surface area contributed by atoms with Crippen LogP contribution in [0.25, 0.3) is 0 Å². The maximum absolute atomic E-state index is 5.94. The van der Waals surface area contributed by atoms with Gasteiger partial charge in [0.15, 0.2) is 0 Å². The molecule has 0 bridgehead atoms. The molecule has 1 nitrogen and oxygen atoms in total. The first-order valence-electron chi connectivity index (χ1n) is 5.11. The second kappa shape index (κ2) is 5.15. The molecule has 2 rings (SSSR count). The van der Waals surface area contributed by atoms with Crippen LogP contribution in [0.3, 0.4) is 0 Å². The smallest absolute Gasteiger partial charge is 0.0169 e. The zero-order valence-corrected chi connectivity index (χ0v) is 10.0. The molecule has 1 aliphatic rings. The van der Waals surface area contributed by atoms with Gasteiger partial charge in [0.2, 0.25) is 0 Å². The van der Waals surface area contributed by atoms with Crippen LogP contribution in [0.4, 0.5) is 0 Å². The Balaban J connectivity index is 0.000000980. The monoisotopic (exact) mass is 231 g/mol.